The molecule has 0 saturated carbocycles. The average Bonchev–Trinajstić information content (AvgIpc) is 2.39. The maximum absolute atomic E-state index is 3.35. The van der Waals surface area contributed by atoms with Crippen molar-refractivity contribution in [3.63, 3.8) is 0 Å². The van der Waals surface area contributed by atoms with Crippen molar-refractivity contribution in [2.75, 3.05) is 5.33 Å². The number of hydrogen-bond donors (Lipinski definition) is 0. The molecular formula is C17H25Br. The SMILES string of the molecule is CCC=CCC=CCC=CCC=CCC=CCBr. The van der Waals surface area contributed by atoms with E-state index in [1.807, 2.05) is 0 Å². The van der Waals surface area contributed by atoms with Crippen LogP contribution < -0.4 is 0 Å². The van der Waals surface area contributed by atoms with E-state index in [2.05, 4.69) is 83.6 Å². The zero-order valence-corrected chi connectivity index (χ0v) is 13.0. The molecule has 18 heavy (non-hydrogen) atoms. The van der Waals surface area contributed by atoms with Gasteiger partial charge in [0.25, 0.3) is 0 Å². The molecule has 1 heteroatoms. The summed E-state index contributed by atoms with van der Waals surface area (Å²) < 4.78 is 0. The molecule has 0 bridgehead atoms. The predicted octanol–water partition coefficient (Wildman–Crippen LogP) is 6.13. The molecular weight excluding hydrogens is 284 g/mol. The zero-order valence-electron chi connectivity index (χ0n) is 11.4. The molecule has 0 aromatic carbocycles. The van der Waals surface area contributed by atoms with Crippen LogP contribution in [-0.4, -0.2) is 5.33 Å². The van der Waals surface area contributed by atoms with Crippen molar-refractivity contribution in [2.24, 2.45) is 0 Å². The number of halogens is 1. The minimum Gasteiger partial charge on any atom is -0.0885 e. The Hall–Kier alpha value is -0.820. The number of allylic oxidation sites excluding steroid dienone is 10. The van der Waals surface area contributed by atoms with Gasteiger partial charge in [-0.05, 0) is 32.1 Å². The molecule has 0 atom stereocenters. The second kappa shape index (κ2) is 16.2. The van der Waals surface area contributed by atoms with E-state index in [4.69, 9.17) is 0 Å². The van der Waals surface area contributed by atoms with E-state index in [0.717, 1.165) is 37.4 Å². The Morgan fingerprint density at radius 2 is 0.889 bits per heavy atom. The van der Waals surface area contributed by atoms with E-state index in [9.17, 15) is 0 Å². The Morgan fingerprint density at radius 3 is 1.22 bits per heavy atom. The summed E-state index contributed by atoms with van der Waals surface area (Å²) in [4.78, 5) is 0. The molecule has 0 unspecified atom stereocenters. The molecule has 0 N–H and O–H groups in total. The summed E-state index contributed by atoms with van der Waals surface area (Å²) in [6.07, 6.45) is 27.3. The Morgan fingerprint density at radius 1 is 0.556 bits per heavy atom. The predicted molar refractivity (Wildman–Crippen MR) is 88.3 cm³/mol. The first kappa shape index (κ1) is 17.2. The highest BCUT2D eigenvalue weighted by atomic mass is 79.9. The lowest BCUT2D eigenvalue weighted by molar-refractivity contribution is 1.19. The lowest BCUT2D eigenvalue weighted by Gasteiger charge is -1.85. The van der Waals surface area contributed by atoms with Crippen LogP contribution in [0.5, 0.6) is 0 Å². The third kappa shape index (κ3) is 15.2. The first-order valence-electron chi connectivity index (χ1n) is 6.72. The highest BCUT2D eigenvalue weighted by molar-refractivity contribution is 9.09. The zero-order chi connectivity index (χ0) is 13.3. The molecule has 0 heterocycles. The number of hydrogen-bond acceptors (Lipinski definition) is 0. The first-order valence-corrected chi connectivity index (χ1v) is 7.84. The van der Waals surface area contributed by atoms with Crippen molar-refractivity contribution in [2.45, 2.75) is 39.0 Å². The Labute approximate surface area is 121 Å². The van der Waals surface area contributed by atoms with Crippen LogP contribution in [-0.2, 0) is 0 Å². The van der Waals surface area contributed by atoms with E-state index in [1.54, 1.807) is 0 Å². The smallest absolute Gasteiger partial charge is 0.0212 e. The van der Waals surface area contributed by atoms with E-state index in [0.29, 0.717) is 0 Å². The van der Waals surface area contributed by atoms with Gasteiger partial charge in [0, 0.05) is 5.33 Å². The van der Waals surface area contributed by atoms with Crippen molar-refractivity contribution in [3.05, 3.63) is 60.8 Å². The molecule has 0 aliphatic rings. The van der Waals surface area contributed by atoms with Crippen molar-refractivity contribution in [1.82, 2.24) is 0 Å². The van der Waals surface area contributed by atoms with E-state index in [-0.39, 0.29) is 0 Å². The highest BCUT2D eigenvalue weighted by Gasteiger charge is 1.74. The third-order valence-electron chi connectivity index (χ3n) is 2.25. The van der Waals surface area contributed by atoms with Gasteiger partial charge < -0.3 is 0 Å². The first-order chi connectivity index (χ1) is 8.91. The minimum absolute atomic E-state index is 0.945. The fourth-order valence-electron chi connectivity index (χ4n) is 1.31. The Kier molecular flexibility index (Phi) is 15.4. The monoisotopic (exact) mass is 308 g/mol. The molecule has 0 saturated heterocycles. The highest BCUT2D eigenvalue weighted by Crippen LogP contribution is 1.95. The Bertz CT molecular complexity index is 263. The van der Waals surface area contributed by atoms with Gasteiger partial charge >= 0.3 is 0 Å². The number of alkyl halides is 1. The molecule has 0 nitrogen and oxygen atoms in total. The van der Waals surface area contributed by atoms with Gasteiger partial charge in [-0.2, -0.15) is 0 Å². The molecule has 0 fully saturated rings. The molecule has 0 aliphatic carbocycles. The van der Waals surface area contributed by atoms with Gasteiger partial charge in [0.05, 0.1) is 0 Å². The van der Waals surface area contributed by atoms with Gasteiger partial charge in [-0.25, -0.2) is 0 Å². The van der Waals surface area contributed by atoms with E-state index >= 15 is 0 Å². The van der Waals surface area contributed by atoms with Crippen molar-refractivity contribution >= 4 is 15.9 Å². The second-order valence-corrected chi connectivity index (χ2v) is 4.51. The molecule has 0 rings (SSSR count). The Balaban J connectivity index is 3.42. The standard InChI is InChI=1S/C17H25Br/c1-2-3-4-5-6-7-8-9-10-11-12-13-14-15-16-17-18/h3-4,6-7,9-10,12-13,15-16H,2,5,8,11,14,17H2,1H3. The van der Waals surface area contributed by atoms with Gasteiger partial charge in [0.2, 0.25) is 0 Å². The minimum atomic E-state index is 0.945. The summed E-state index contributed by atoms with van der Waals surface area (Å²) in [5.74, 6) is 0. The quantitative estimate of drug-likeness (QED) is 0.336. The van der Waals surface area contributed by atoms with Gasteiger partial charge in [0.1, 0.15) is 0 Å². The van der Waals surface area contributed by atoms with Gasteiger partial charge in [0.15, 0.2) is 0 Å². The fourth-order valence-corrected chi connectivity index (χ4v) is 1.58. The van der Waals surface area contributed by atoms with E-state index in [1.165, 1.54) is 0 Å². The maximum Gasteiger partial charge on any atom is 0.0212 e. The lowest BCUT2D eigenvalue weighted by atomic mass is 10.2. The van der Waals surface area contributed by atoms with Crippen LogP contribution in [0.1, 0.15) is 39.0 Å². The molecule has 0 aromatic rings. The molecule has 0 aromatic heterocycles. The van der Waals surface area contributed by atoms with Crippen molar-refractivity contribution in [1.29, 1.82) is 0 Å². The van der Waals surface area contributed by atoms with E-state index < -0.39 is 0 Å². The van der Waals surface area contributed by atoms with Gasteiger partial charge in [-0.3, -0.25) is 0 Å². The van der Waals surface area contributed by atoms with Crippen LogP contribution >= 0.6 is 15.9 Å². The van der Waals surface area contributed by atoms with Crippen molar-refractivity contribution in [3.8, 4) is 0 Å². The average molecular weight is 309 g/mol. The summed E-state index contributed by atoms with van der Waals surface area (Å²) in [7, 11) is 0. The van der Waals surface area contributed by atoms with Crippen LogP contribution in [0.3, 0.4) is 0 Å². The molecule has 100 valence electrons. The summed E-state index contributed by atoms with van der Waals surface area (Å²) in [6.45, 7) is 2.16. The molecule has 0 radical (unpaired) electrons. The van der Waals surface area contributed by atoms with Crippen LogP contribution in [0.4, 0.5) is 0 Å². The van der Waals surface area contributed by atoms with Gasteiger partial charge in [-0.15, -0.1) is 0 Å². The number of rotatable bonds is 10. The third-order valence-corrected chi connectivity index (χ3v) is 2.62. The molecule has 0 aliphatic heterocycles. The van der Waals surface area contributed by atoms with Gasteiger partial charge in [-0.1, -0.05) is 83.6 Å². The topological polar surface area (TPSA) is 0 Å². The largest absolute Gasteiger partial charge is 0.0885 e. The lowest BCUT2D eigenvalue weighted by Crippen LogP contribution is -1.64. The van der Waals surface area contributed by atoms with Crippen LogP contribution in [0.25, 0.3) is 0 Å². The maximum atomic E-state index is 3.35. The normalized spacial score (nSPS) is 13.2. The summed E-state index contributed by atoms with van der Waals surface area (Å²) in [5, 5.41) is 0.945. The molecule has 0 spiro atoms. The molecule has 0 amide bonds. The summed E-state index contributed by atoms with van der Waals surface area (Å²) >= 11 is 3.35. The van der Waals surface area contributed by atoms with Crippen LogP contribution in [0, 0.1) is 0 Å². The summed E-state index contributed by atoms with van der Waals surface area (Å²) in [5.41, 5.74) is 0. The van der Waals surface area contributed by atoms with Crippen molar-refractivity contribution < 1.29 is 0 Å². The van der Waals surface area contributed by atoms with Crippen LogP contribution in [0.2, 0.25) is 0 Å². The van der Waals surface area contributed by atoms with Crippen LogP contribution in [0.15, 0.2) is 60.8 Å². The second-order valence-electron chi connectivity index (χ2n) is 3.86. The fraction of sp³-hybridized carbons (Fsp3) is 0.412. The summed E-state index contributed by atoms with van der Waals surface area (Å²) in [6, 6.07) is 0.